The van der Waals surface area contributed by atoms with Crippen molar-refractivity contribution >= 4 is 5.91 Å². The number of ether oxygens (including phenoxy) is 1. The van der Waals surface area contributed by atoms with Crippen LogP contribution in [0.1, 0.15) is 23.4 Å². The Kier molecular flexibility index (Phi) is 5.04. The van der Waals surface area contributed by atoms with E-state index in [2.05, 4.69) is 4.90 Å². The summed E-state index contributed by atoms with van der Waals surface area (Å²) in [6, 6.07) is 9.51. The van der Waals surface area contributed by atoms with Gasteiger partial charge in [-0.25, -0.2) is 4.39 Å². The maximum Gasteiger partial charge on any atom is 0.289 e. The first-order chi connectivity index (χ1) is 12.7. The highest BCUT2D eigenvalue weighted by atomic mass is 19.1. The molecular formula is C20H23FN2O3. The zero-order valence-corrected chi connectivity index (χ0v) is 14.7. The molecule has 1 atom stereocenters. The Morgan fingerprint density at radius 2 is 1.85 bits per heavy atom. The number of nitrogens with zero attached hydrogens (tertiary/aromatic N) is 2. The van der Waals surface area contributed by atoms with Gasteiger partial charge in [0.15, 0.2) is 5.76 Å². The van der Waals surface area contributed by atoms with E-state index in [9.17, 15) is 9.18 Å². The predicted molar refractivity (Wildman–Crippen MR) is 95.4 cm³/mol. The van der Waals surface area contributed by atoms with E-state index >= 15 is 0 Å². The second-order valence-corrected chi connectivity index (χ2v) is 6.90. The number of carbonyl (C=O) groups is 1. The number of hydrogen-bond donors (Lipinski definition) is 0. The van der Waals surface area contributed by atoms with Crippen LogP contribution in [-0.4, -0.2) is 61.1 Å². The number of rotatable bonds is 4. The monoisotopic (exact) mass is 358 g/mol. The molecule has 2 fully saturated rings. The molecule has 2 saturated heterocycles. The SMILES string of the molecule is O=C(c1ccc(-c2ccc(F)cc2)o1)N1CCN(CC2CCCO2)CC1. The molecule has 6 heteroatoms. The average Bonchev–Trinajstić information content (AvgIpc) is 3.34. The van der Waals surface area contributed by atoms with Gasteiger partial charge in [-0.3, -0.25) is 9.69 Å². The van der Waals surface area contributed by atoms with Gasteiger partial charge in [0.05, 0.1) is 6.10 Å². The molecule has 3 heterocycles. The summed E-state index contributed by atoms with van der Waals surface area (Å²) < 4.78 is 24.4. The first-order valence-electron chi connectivity index (χ1n) is 9.18. The van der Waals surface area contributed by atoms with E-state index in [0.717, 1.165) is 44.6 Å². The fourth-order valence-corrected chi connectivity index (χ4v) is 3.59. The molecule has 0 bridgehead atoms. The van der Waals surface area contributed by atoms with E-state index in [0.29, 0.717) is 30.7 Å². The van der Waals surface area contributed by atoms with Crippen LogP contribution in [0, 0.1) is 5.82 Å². The van der Waals surface area contributed by atoms with Gasteiger partial charge in [-0.2, -0.15) is 0 Å². The minimum atomic E-state index is -0.294. The standard InChI is InChI=1S/C20H23FN2O3/c21-16-5-3-15(4-6-16)18-7-8-19(26-18)20(24)23-11-9-22(10-12-23)14-17-2-1-13-25-17/h3-8,17H,1-2,9-14H2. The lowest BCUT2D eigenvalue weighted by Crippen LogP contribution is -2.50. The number of carbonyl (C=O) groups excluding carboxylic acids is 1. The van der Waals surface area contributed by atoms with Crippen molar-refractivity contribution in [1.82, 2.24) is 9.80 Å². The predicted octanol–water partition coefficient (Wildman–Crippen LogP) is 3.02. The zero-order valence-electron chi connectivity index (χ0n) is 14.7. The van der Waals surface area contributed by atoms with E-state index in [1.165, 1.54) is 12.1 Å². The quantitative estimate of drug-likeness (QED) is 0.843. The zero-order chi connectivity index (χ0) is 17.9. The van der Waals surface area contributed by atoms with Crippen molar-refractivity contribution in [2.75, 3.05) is 39.3 Å². The van der Waals surface area contributed by atoms with Crippen molar-refractivity contribution in [3.63, 3.8) is 0 Å². The van der Waals surface area contributed by atoms with Crippen LogP contribution in [0.3, 0.4) is 0 Å². The van der Waals surface area contributed by atoms with Gasteiger partial charge in [0.25, 0.3) is 5.91 Å². The Hall–Kier alpha value is -2.18. The van der Waals surface area contributed by atoms with Crippen LogP contribution in [0.15, 0.2) is 40.8 Å². The molecule has 5 nitrogen and oxygen atoms in total. The van der Waals surface area contributed by atoms with Gasteiger partial charge in [0.2, 0.25) is 0 Å². The van der Waals surface area contributed by atoms with Crippen molar-refractivity contribution in [1.29, 1.82) is 0 Å². The van der Waals surface area contributed by atoms with Crippen LogP contribution in [0.25, 0.3) is 11.3 Å². The van der Waals surface area contributed by atoms with Crippen molar-refractivity contribution in [3.05, 3.63) is 48.0 Å². The highest BCUT2D eigenvalue weighted by Crippen LogP contribution is 2.23. The maximum atomic E-state index is 13.0. The molecule has 0 spiro atoms. The van der Waals surface area contributed by atoms with Gasteiger partial charge in [0, 0.05) is 44.9 Å². The first-order valence-corrected chi connectivity index (χ1v) is 9.18. The van der Waals surface area contributed by atoms with Crippen LogP contribution in [0.4, 0.5) is 4.39 Å². The molecule has 2 aliphatic heterocycles. The minimum Gasteiger partial charge on any atom is -0.451 e. The van der Waals surface area contributed by atoms with Gasteiger partial charge >= 0.3 is 0 Å². The number of benzene rings is 1. The summed E-state index contributed by atoms with van der Waals surface area (Å²) in [5.41, 5.74) is 0.756. The minimum absolute atomic E-state index is 0.0878. The Morgan fingerprint density at radius 3 is 2.54 bits per heavy atom. The van der Waals surface area contributed by atoms with E-state index in [1.807, 2.05) is 4.90 Å². The van der Waals surface area contributed by atoms with E-state index in [1.54, 1.807) is 24.3 Å². The van der Waals surface area contributed by atoms with Crippen molar-refractivity contribution in [2.24, 2.45) is 0 Å². The summed E-state index contributed by atoms with van der Waals surface area (Å²) in [5, 5.41) is 0. The Labute approximate surface area is 152 Å². The van der Waals surface area contributed by atoms with Gasteiger partial charge < -0.3 is 14.1 Å². The Bertz CT molecular complexity index is 745. The molecule has 1 aromatic carbocycles. The molecule has 2 aliphatic rings. The van der Waals surface area contributed by atoms with Crippen LogP contribution in [-0.2, 0) is 4.74 Å². The fraction of sp³-hybridized carbons (Fsp3) is 0.450. The summed E-state index contributed by atoms with van der Waals surface area (Å²) in [6.45, 7) is 4.93. The third-order valence-electron chi connectivity index (χ3n) is 5.09. The van der Waals surface area contributed by atoms with E-state index in [-0.39, 0.29) is 11.7 Å². The summed E-state index contributed by atoms with van der Waals surface area (Å²) >= 11 is 0. The third-order valence-corrected chi connectivity index (χ3v) is 5.09. The Morgan fingerprint density at radius 1 is 1.08 bits per heavy atom. The van der Waals surface area contributed by atoms with E-state index < -0.39 is 0 Å². The number of halogens is 1. The van der Waals surface area contributed by atoms with Crippen LogP contribution in [0.2, 0.25) is 0 Å². The van der Waals surface area contributed by atoms with Gasteiger partial charge in [-0.1, -0.05) is 0 Å². The molecule has 0 radical (unpaired) electrons. The molecule has 1 unspecified atom stereocenters. The lowest BCUT2D eigenvalue weighted by atomic mass is 10.2. The van der Waals surface area contributed by atoms with Crippen molar-refractivity contribution in [2.45, 2.75) is 18.9 Å². The number of piperazine rings is 1. The molecule has 2 aromatic rings. The molecular weight excluding hydrogens is 335 g/mol. The second-order valence-electron chi connectivity index (χ2n) is 6.90. The van der Waals surface area contributed by atoms with Gasteiger partial charge in [0.1, 0.15) is 11.6 Å². The molecule has 0 aliphatic carbocycles. The lowest BCUT2D eigenvalue weighted by Gasteiger charge is -2.35. The first kappa shape index (κ1) is 17.2. The molecule has 138 valence electrons. The summed E-state index contributed by atoms with van der Waals surface area (Å²) in [6.07, 6.45) is 2.64. The smallest absolute Gasteiger partial charge is 0.289 e. The largest absolute Gasteiger partial charge is 0.451 e. The summed E-state index contributed by atoms with van der Waals surface area (Å²) in [4.78, 5) is 16.9. The third kappa shape index (κ3) is 3.81. The van der Waals surface area contributed by atoms with Crippen molar-refractivity contribution < 1.29 is 18.3 Å². The molecule has 26 heavy (non-hydrogen) atoms. The maximum absolute atomic E-state index is 13.0. The Balaban J connectivity index is 1.34. The summed E-state index contributed by atoms with van der Waals surface area (Å²) in [7, 11) is 0. The average molecular weight is 358 g/mol. The molecule has 4 rings (SSSR count). The van der Waals surface area contributed by atoms with Gasteiger partial charge in [-0.15, -0.1) is 0 Å². The van der Waals surface area contributed by atoms with Crippen LogP contribution < -0.4 is 0 Å². The van der Waals surface area contributed by atoms with Crippen molar-refractivity contribution in [3.8, 4) is 11.3 Å². The highest BCUT2D eigenvalue weighted by molar-refractivity contribution is 5.92. The summed E-state index contributed by atoms with van der Waals surface area (Å²) in [5.74, 6) is 0.523. The van der Waals surface area contributed by atoms with Crippen LogP contribution in [0.5, 0.6) is 0 Å². The second kappa shape index (κ2) is 7.60. The van der Waals surface area contributed by atoms with Gasteiger partial charge in [-0.05, 0) is 49.2 Å². The van der Waals surface area contributed by atoms with Crippen LogP contribution >= 0.6 is 0 Å². The molecule has 0 N–H and O–H groups in total. The number of amides is 1. The highest BCUT2D eigenvalue weighted by Gasteiger charge is 2.26. The normalized spacial score (nSPS) is 21.3. The molecule has 1 amide bonds. The lowest BCUT2D eigenvalue weighted by molar-refractivity contribution is 0.0417. The fourth-order valence-electron chi connectivity index (χ4n) is 3.59. The number of furan rings is 1. The number of hydrogen-bond acceptors (Lipinski definition) is 4. The van der Waals surface area contributed by atoms with E-state index in [4.69, 9.17) is 9.15 Å². The molecule has 1 aromatic heterocycles. The molecule has 0 saturated carbocycles. The topological polar surface area (TPSA) is 45.9 Å².